The highest BCUT2D eigenvalue weighted by atomic mass is 35.5. The SMILES string of the molecule is COc1cc2c(=O)n(C3CCN(Cc4ccccc4)CC3)n[nH+]c2c(OC)c1OC.O.[Cl-]. The Morgan fingerprint density at radius 3 is 2.28 bits per heavy atom. The number of rotatable bonds is 6. The van der Waals surface area contributed by atoms with Gasteiger partial charge in [-0.15, -0.1) is 5.10 Å². The summed E-state index contributed by atoms with van der Waals surface area (Å²) < 4.78 is 17.8. The molecule has 1 saturated heterocycles. The standard InChI is InChI=1S/C22H26N4O4.ClH.H2O/c1-28-18-13-17-19(21(30-3)20(18)29-2)23-24-26(22(17)27)16-9-11-25(12-10-16)14-15-7-5-4-6-8-15;;/h4-8,13,16H,9-12,14H2,1-3H3;1H;1H2. The first-order valence-electron chi connectivity index (χ1n) is 10.1. The molecule has 1 aliphatic rings. The average molecular weight is 465 g/mol. The lowest BCUT2D eigenvalue weighted by Gasteiger charge is -2.29. The zero-order chi connectivity index (χ0) is 21.1. The van der Waals surface area contributed by atoms with Gasteiger partial charge in [0.1, 0.15) is 11.4 Å². The summed E-state index contributed by atoms with van der Waals surface area (Å²) in [6.45, 7) is 2.76. The quantitative estimate of drug-likeness (QED) is 0.428. The molecule has 2 heterocycles. The van der Waals surface area contributed by atoms with Crippen molar-refractivity contribution in [2.24, 2.45) is 0 Å². The third kappa shape index (κ3) is 4.79. The molecule has 4 rings (SSSR count). The molecule has 0 radical (unpaired) electrons. The maximum Gasteiger partial charge on any atom is 0.365 e. The molecule has 0 saturated carbocycles. The molecule has 0 spiro atoms. The fourth-order valence-corrected chi connectivity index (χ4v) is 4.12. The molecule has 3 N–H and O–H groups in total. The van der Waals surface area contributed by atoms with E-state index >= 15 is 0 Å². The molecule has 10 heteroatoms. The summed E-state index contributed by atoms with van der Waals surface area (Å²) in [5, 5.41) is 7.82. The average Bonchev–Trinajstić information content (AvgIpc) is 2.79. The number of aromatic amines is 1. The second-order valence-corrected chi connectivity index (χ2v) is 7.42. The van der Waals surface area contributed by atoms with Gasteiger partial charge in [-0.1, -0.05) is 35.0 Å². The van der Waals surface area contributed by atoms with Gasteiger partial charge in [0.05, 0.1) is 26.5 Å². The Morgan fingerprint density at radius 2 is 1.69 bits per heavy atom. The number of piperidine rings is 1. The van der Waals surface area contributed by atoms with Gasteiger partial charge in [-0.2, -0.15) is 0 Å². The molecule has 0 aliphatic carbocycles. The summed E-state index contributed by atoms with van der Waals surface area (Å²) in [5.41, 5.74) is 1.64. The first-order chi connectivity index (χ1) is 14.7. The number of nitrogens with one attached hydrogen (secondary N) is 1. The number of fused-ring (bicyclic) bond motifs is 1. The van der Waals surface area contributed by atoms with E-state index in [0.717, 1.165) is 32.5 Å². The molecule has 1 aromatic heterocycles. The second kappa shape index (κ2) is 11.1. The molecule has 0 bridgehead atoms. The summed E-state index contributed by atoms with van der Waals surface area (Å²) >= 11 is 0. The van der Waals surface area contributed by atoms with Gasteiger partial charge in [0.2, 0.25) is 17.0 Å². The molecule has 0 atom stereocenters. The van der Waals surface area contributed by atoms with E-state index in [4.69, 9.17) is 14.2 Å². The van der Waals surface area contributed by atoms with Gasteiger partial charge in [-0.05, 0) is 5.56 Å². The number of hydrogen-bond donors (Lipinski definition) is 0. The number of methoxy groups -OCH3 is 3. The second-order valence-electron chi connectivity index (χ2n) is 7.42. The van der Waals surface area contributed by atoms with Crippen LogP contribution in [0.4, 0.5) is 0 Å². The number of nitrogens with zero attached hydrogens (tertiary/aromatic N) is 3. The van der Waals surface area contributed by atoms with E-state index in [0.29, 0.717) is 28.2 Å². The highest BCUT2D eigenvalue weighted by Crippen LogP contribution is 2.40. The zero-order valence-corrected chi connectivity index (χ0v) is 19.2. The predicted octanol–water partition coefficient (Wildman–Crippen LogP) is -1.75. The van der Waals surface area contributed by atoms with E-state index in [1.165, 1.54) is 26.9 Å². The summed E-state index contributed by atoms with van der Waals surface area (Å²) in [6.07, 6.45) is 1.73. The van der Waals surface area contributed by atoms with Crippen molar-refractivity contribution in [2.75, 3.05) is 34.4 Å². The van der Waals surface area contributed by atoms with Crippen molar-refractivity contribution in [3.63, 3.8) is 0 Å². The molecule has 174 valence electrons. The number of hydrogen-bond acceptors (Lipinski definition) is 6. The molecule has 1 aliphatic heterocycles. The highest BCUT2D eigenvalue weighted by molar-refractivity contribution is 5.86. The normalized spacial score (nSPS) is 14.3. The van der Waals surface area contributed by atoms with Crippen LogP contribution >= 0.6 is 0 Å². The van der Waals surface area contributed by atoms with E-state index in [1.807, 2.05) is 6.07 Å². The Labute approximate surface area is 192 Å². The molecule has 9 nitrogen and oxygen atoms in total. The fourth-order valence-electron chi connectivity index (χ4n) is 4.12. The van der Waals surface area contributed by atoms with Crippen LogP contribution < -0.4 is 37.3 Å². The number of likely N-dealkylation sites (tertiary alicyclic amines) is 1. The lowest BCUT2D eigenvalue weighted by molar-refractivity contribution is -0.441. The molecular formula is C22H29ClN4O5. The van der Waals surface area contributed by atoms with E-state index in [9.17, 15) is 4.79 Å². The Hall–Kier alpha value is -2.88. The van der Waals surface area contributed by atoms with E-state index in [1.54, 1.807) is 10.7 Å². The highest BCUT2D eigenvalue weighted by Gasteiger charge is 2.30. The van der Waals surface area contributed by atoms with Crippen LogP contribution in [0, 0.1) is 0 Å². The topological polar surface area (TPSA) is 111 Å². The summed E-state index contributed by atoms with van der Waals surface area (Å²) in [7, 11) is 4.59. The zero-order valence-electron chi connectivity index (χ0n) is 18.4. The lowest BCUT2D eigenvalue weighted by Crippen LogP contribution is -3.00. The van der Waals surface area contributed by atoms with Gasteiger partial charge in [0, 0.05) is 38.5 Å². The molecule has 0 amide bonds. The van der Waals surface area contributed by atoms with Crippen LogP contribution in [-0.2, 0) is 6.54 Å². The van der Waals surface area contributed by atoms with Gasteiger partial charge >= 0.3 is 5.56 Å². The Balaban J connectivity index is 0.00000181. The van der Waals surface area contributed by atoms with Crippen LogP contribution in [0.2, 0.25) is 0 Å². The van der Waals surface area contributed by atoms with E-state index < -0.39 is 0 Å². The van der Waals surface area contributed by atoms with Crippen LogP contribution in [0.15, 0.2) is 41.2 Å². The van der Waals surface area contributed by atoms with Crippen LogP contribution in [0.5, 0.6) is 17.2 Å². The monoisotopic (exact) mass is 464 g/mol. The summed E-state index contributed by atoms with van der Waals surface area (Å²) in [6, 6.07) is 12.2. The first kappa shape index (κ1) is 25.4. The third-order valence-electron chi connectivity index (χ3n) is 5.69. The van der Waals surface area contributed by atoms with E-state index in [-0.39, 0.29) is 29.5 Å². The van der Waals surface area contributed by atoms with Crippen molar-refractivity contribution >= 4 is 10.9 Å². The van der Waals surface area contributed by atoms with Crippen LogP contribution in [0.1, 0.15) is 24.4 Å². The van der Waals surface area contributed by atoms with Gasteiger partial charge in [0.25, 0.3) is 0 Å². The lowest BCUT2D eigenvalue weighted by atomic mass is 10.0. The smallest absolute Gasteiger partial charge is 0.365 e. The van der Waals surface area contributed by atoms with Gasteiger partial charge in [0.15, 0.2) is 5.75 Å². The van der Waals surface area contributed by atoms with Crippen molar-refractivity contribution in [1.29, 1.82) is 0 Å². The Kier molecular flexibility index (Phi) is 8.82. The molecule has 1 fully saturated rings. The molecule has 2 aromatic carbocycles. The molecular weight excluding hydrogens is 436 g/mol. The van der Waals surface area contributed by atoms with Crippen molar-refractivity contribution < 1.29 is 37.2 Å². The minimum absolute atomic E-state index is 0. The van der Waals surface area contributed by atoms with Crippen LogP contribution in [0.3, 0.4) is 0 Å². The van der Waals surface area contributed by atoms with Gasteiger partial charge in [-0.3, -0.25) is 4.90 Å². The third-order valence-corrected chi connectivity index (χ3v) is 5.69. The van der Waals surface area contributed by atoms with E-state index in [2.05, 4.69) is 39.5 Å². The number of aromatic nitrogens is 3. The van der Waals surface area contributed by atoms with Crippen molar-refractivity contribution in [1.82, 2.24) is 14.8 Å². The molecule has 32 heavy (non-hydrogen) atoms. The van der Waals surface area contributed by atoms with Crippen molar-refractivity contribution in [3.05, 3.63) is 52.3 Å². The maximum atomic E-state index is 13.3. The predicted molar refractivity (Wildman–Crippen MR) is 116 cm³/mol. The van der Waals surface area contributed by atoms with Gasteiger partial charge < -0.3 is 32.1 Å². The van der Waals surface area contributed by atoms with Crippen molar-refractivity contribution in [3.8, 4) is 17.2 Å². The number of H-pyrrole nitrogens is 1. The molecule has 3 aromatic rings. The number of ether oxygens (including phenoxy) is 3. The number of benzene rings is 2. The summed E-state index contributed by atoms with van der Waals surface area (Å²) in [4.78, 5) is 15.7. The Bertz CT molecular complexity index is 1090. The maximum absolute atomic E-state index is 13.3. The van der Waals surface area contributed by atoms with Crippen molar-refractivity contribution in [2.45, 2.75) is 25.4 Å². The molecule has 0 unspecified atom stereocenters. The summed E-state index contributed by atoms with van der Waals surface area (Å²) in [5.74, 6) is 1.28. The largest absolute Gasteiger partial charge is 1.00 e. The van der Waals surface area contributed by atoms with Crippen LogP contribution in [-0.4, -0.2) is 54.7 Å². The fraction of sp³-hybridized carbons (Fsp3) is 0.409. The minimum Gasteiger partial charge on any atom is -1.00 e. The number of halogens is 1. The minimum atomic E-state index is -0.162. The van der Waals surface area contributed by atoms with Crippen LogP contribution in [0.25, 0.3) is 10.9 Å². The first-order valence-corrected chi connectivity index (χ1v) is 10.1. The van der Waals surface area contributed by atoms with Gasteiger partial charge in [-0.25, -0.2) is 4.79 Å². The Morgan fingerprint density at radius 1 is 1.03 bits per heavy atom.